The minimum atomic E-state index is -0.712. The molecule has 1 aliphatic heterocycles. The Balaban J connectivity index is 2.14. The number of hydrogen-bond donors (Lipinski definition) is 1. The van der Waals surface area contributed by atoms with E-state index >= 15 is 0 Å². The molecule has 6 heteroatoms. The lowest BCUT2D eigenvalue weighted by Crippen LogP contribution is -2.29. The monoisotopic (exact) mass is 273 g/mol. The van der Waals surface area contributed by atoms with Crippen molar-refractivity contribution in [2.75, 3.05) is 18.0 Å². The van der Waals surface area contributed by atoms with Crippen LogP contribution in [0, 0.1) is 10.1 Å². The number of fused-ring (bicyclic) bond motifs is 1. The summed E-state index contributed by atoms with van der Waals surface area (Å²) in [5.41, 5.74) is 0.573. The van der Waals surface area contributed by atoms with Crippen LogP contribution in [-0.4, -0.2) is 33.7 Å². The van der Waals surface area contributed by atoms with Crippen LogP contribution >= 0.6 is 0 Å². The van der Waals surface area contributed by atoms with Gasteiger partial charge in [-0.2, -0.15) is 0 Å². The van der Waals surface area contributed by atoms with Gasteiger partial charge in [-0.05, 0) is 31.5 Å². The molecule has 0 amide bonds. The third-order valence-electron chi connectivity index (χ3n) is 3.71. The summed E-state index contributed by atoms with van der Waals surface area (Å²) in [7, 11) is 0. The zero-order chi connectivity index (χ0) is 14.3. The standard InChI is InChI=1S/C14H15N3O3/c1-14(18)6-8-16(9-14)11-4-5-12(17(19)20)13-10(11)3-2-7-15-13/h2-5,7,18H,6,8-9H2,1H3. The Hall–Kier alpha value is -2.21. The SMILES string of the molecule is CC1(O)CCN(c2ccc([N+](=O)[O-])c3ncccc23)C1. The fourth-order valence-electron chi connectivity index (χ4n) is 2.72. The highest BCUT2D eigenvalue weighted by Gasteiger charge is 2.32. The molecule has 0 radical (unpaired) electrons. The molecule has 3 rings (SSSR count). The highest BCUT2D eigenvalue weighted by atomic mass is 16.6. The van der Waals surface area contributed by atoms with Gasteiger partial charge in [0.25, 0.3) is 5.69 Å². The average molecular weight is 273 g/mol. The summed E-state index contributed by atoms with van der Waals surface area (Å²) < 4.78 is 0. The molecule has 1 N–H and O–H groups in total. The highest BCUT2D eigenvalue weighted by Crippen LogP contribution is 2.35. The number of β-amino-alcohol motifs (C(OH)–C–C–N with tert-alkyl or cyclic N) is 1. The van der Waals surface area contributed by atoms with Crippen LogP contribution in [0.4, 0.5) is 11.4 Å². The van der Waals surface area contributed by atoms with Gasteiger partial charge in [-0.1, -0.05) is 0 Å². The van der Waals surface area contributed by atoms with Gasteiger partial charge < -0.3 is 10.0 Å². The summed E-state index contributed by atoms with van der Waals surface area (Å²) in [5.74, 6) is 0. The Morgan fingerprint density at radius 2 is 2.25 bits per heavy atom. The summed E-state index contributed by atoms with van der Waals surface area (Å²) in [4.78, 5) is 16.8. The van der Waals surface area contributed by atoms with E-state index < -0.39 is 10.5 Å². The van der Waals surface area contributed by atoms with Crippen LogP contribution in [0.1, 0.15) is 13.3 Å². The lowest BCUT2D eigenvalue weighted by Gasteiger charge is -2.22. The van der Waals surface area contributed by atoms with E-state index in [1.54, 1.807) is 25.3 Å². The molecule has 0 aliphatic carbocycles. The van der Waals surface area contributed by atoms with Crippen LogP contribution in [0.3, 0.4) is 0 Å². The number of rotatable bonds is 2. The zero-order valence-corrected chi connectivity index (χ0v) is 11.1. The molecule has 1 atom stereocenters. The number of aromatic nitrogens is 1. The number of pyridine rings is 1. The Kier molecular flexibility index (Phi) is 2.83. The van der Waals surface area contributed by atoms with Crippen LogP contribution in [0.5, 0.6) is 0 Å². The molecule has 1 fully saturated rings. The number of aliphatic hydroxyl groups is 1. The Bertz CT molecular complexity index is 684. The van der Waals surface area contributed by atoms with E-state index in [2.05, 4.69) is 4.98 Å². The topological polar surface area (TPSA) is 79.5 Å². The largest absolute Gasteiger partial charge is 0.388 e. The van der Waals surface area contributed by atoms with Gasteiger partial charge in [0.15, 0.2) is 0 Å². The van der Waals surface area contributed by atoms with Gasteiger partial charge in [-0.3, -0.25) is 10.1 Å². The fourth-order valence-corrected chi connectivity index (χ4v) is 2.72. The van der Waals surface area contributed by atoms with Crippen molar-refractivity contribution in [3.05, 3.63) is 40.6 Å². The van der Waals surface area contributed by atoms with E-state index in [9.17, 15) is 15.2 Å². The third-order valence-corrected chi connectivity index (χ3v) is 3.71. The second-order valence-electron chi connectivity index (χ2n) is 5.43. The molecule has 1 aliphatic rings. The van der Waals surface area contributed by atoms with Gasteiger partial charge >= 0.3 is 0 Å². The molecule has 1 saturated heterocycles. The van der Waals surface area contributed by atoms with Crippen molar-refractivity contribution in [2.24, 2.45) is 0 Å². The average Bonchev–Trinajstić information content (AvgIpc) is 2.77. The van der Waals surface area contributed by atoms with Crippen molar-refractivity contribution >= 4 is 22.3 Å². The maximum atomic E-state index is 11.1. The number of hydrogen-bond acceptors (Lipinski definition) is 5. The van der Waals surface area contributed by atoms with E-state index in [4.69, 9.17) is 0 Å². The second kappa shape index (κ2) is 4.42. The first kappa shape index (κ1) is 12.8. The molecule has 1 unspecified atom stereocenters. The molecule has 0 spiro atoms. The Labute approximate surface area is 115 Å². The van der Waals surface area contributed by atoms with Crippen LogP contribution in [0.15, 0.2) is 30.5 Å². The van der Waals surface area contributed by atoms with E-state index in [1.165, 1.54) is 6.07 Å². The van der Waals surface area contributed by atoms with Crippen molar-refractivity contribution in [1.82, 2.24) is 4.98 Å². The van der Waals surface area contributed by atoms with Crippen LogP contribution in [-0.2, 0) is 0 Å². The van der Waals surface area contributed by atoms with E-state index in [0.29, 0.717) is 18.5 Å². The number of benzene rings is 1. The summed E-state index contributed by atoms with van der Waals surface area (Å²) in [6.07, 6.45) is 2.24. The van der Waals surface area contributed by atoms with Gasteiger partial charge in [0.05, 0.1) is 10.5 Å². The zero-order valence-electron chi connectivity index (χ0n) is 11.1. The second-order valence-corrected chi connectivity index (χ2v) is 5.43. The summed E-state index contributed by atoms with van der Waals surface area (Å²) in [6, 6.07) is 6.82. The van der Waals surface area contributed by atoms with Crippen molar-refractivity contribution in [2.45, 2.75) is 18.9 Å². The first-order valence-electron chi connectivity index (χ1n) is 6.47. The molecule has 2 aromatic rings. The lowest BCUT2D eigenvalue weighted by molar-refractivity contribution is -0.383. The van der Waals surface area contributed by atoms with Gasteiger partial charge in [-0.25, -0.2) is 4.98 Å². The molecular formula is C14H15N3O3. The predicted octanol–water partition coefficient (Wildman–Crippen LogP) is 2.10. The van der Waals surface area contributed by atoms with Crippen LogP contribution in [0.2, 0.25) is 0 Å². The molecule has 1 aromatic carbocycles. The Morgan fingerprint density at radius 1 is 1.45 bits per heavy atom. The number of nitro benzene ring substituents is 1. The van der Waals surface area contributed by atoms with Crippen molar-refractivity contribution < 1.29 is 10.0 Å². The lowest BCUT2D eigenvalue weighted by atomic mass is 10.1. The quantitative estimate of drug-likeness (QED) is 0.669. The molecule has 6 nitrogen and oxygen atoms in total. The first-order valence-corrected chi connectivity index (χ1v) is 6.47. The van der Waals surface area contributed by atoms with Crippen molar-refractivity contribution in [3.63, 3.8) is 0 Å². The summed E-state index contributed by atoms with van der Waals surface area (Å²) in [5, 5.41) is 21.9. The van der Waals surface area contributed by atoms with E-state index in [0.717, 1.165) is 17.6 Å². The molecular weight excluding hydrogens is 258 g/mol. The normalized spacial score (nSPS) is 22.4. The minimum absolute atomic E-state index is 0.00954. The molecule has 0 saturated carbocycles. The number of nitrogens with zero attached hydrogens (tertiary/aromatic N) is 3. The fraction of sp³-hybridized carbons (Fsp3) is 0.357. The van der Waals surface area contributed by atoms with Gasteiger partial charge in [-0.15, -0.1) is 0 Å². The number of anilines is 1. The molecule has 20 heavy (non-hydrogen) atoms. The van der Waals surface area contributed by atoms with Crippen molar-refractivity contribution in [3.8, 4) is 0 Å². The summed E-state index contributed by atoms with van der Waals surface area (Å²) in [6.45, 7) is 3.06. The van der Waals surface area contributed by atoms with Crippen LogP contribution in [0.25, 0.3) is 10.9 Å². The Morgan fingerprint density at radius 3 is 2.90 bits per heavy atom. The van der Waals surface area contributed by atoms with Gasteiger partial charge in [0.1, 0.15) is 5.52 Å². The first-order chi connectivity index (χ1) is 9.48. The maximum Gasteiger partial charge on any atom is 0.295 e. The van der Waals surface area contributed by atoms with Gasteiger partial charge in [0.2, 0.25) is 0 Å². The highest BCUT2D eigenvalue weighted by molar-refractivity contribution is 5.97. The third kappa shape index (κ3) is 2.08. The number of non-ortho nitro benzene ring substituents is 1. The molecule has 2 heterocycles. The molecule has 1 aromatic heterocycles. The predicted molar refractivity (Wildman–Crippen MR) is 75.9 cm³/mol. The number of nitro groups is 1. The van der Waals surface area contributed by atoms with E-state index in [-0.39, 0.29) is 5.69 Å². The van der Waals surface area contributed by atoms with Gasteiger partial charge in [0, 0.05) is 36.4 Å². The molecule has 104 valence electrons. The smallest absolute Gasteiger partial charge is 0.295 e. The van der Waals surface area contributed by atoms with Crippen LogP contribution < -0.4 is 4.90 Å². The molecule has 0 bridgehead atoms. The maximum absolute atomic E-state index is 11.1. The van der Waals surface area contributed by atoms with Crippen molar-refractivity contribution in [1.29, 1.82) is 0 Å². The minimum Gasteiger partial charge on any atom is -0.388 e. The summed E-state index contributed by atoms with van der Waals surface area (Å²) >= 11 is 0. The van der Waals surface area contributed by atoms with E-state index in [1.807, 2.05) is 11.0 Å².